The van der Waals surface area contributed by atoms with Crippen LogP contribution < -0.4 is 10.2 Å². The van der Waals surface area contributed by atoms with Crippen LogP contribution in [0.15, 0.2) is 42.7 Å². The lowest BCUT2D eigenvalue weighted by Gasteiger charge is -2.23. The Hall–Kier alpha value is -2.28. The van der Waals surface area contributed by atoms with E-state index in [0.717, 1.165) is 48.5 Å². The normalized spacial score (nSPS) is 14.4. The summed E-state index contributed by atoms with van der Waals surface area (Å²) in [6, 6.07) is 9.63. The Balaban J connectivity index is 0.00000256. The van der Waals surface area contributed by atoms with Crippen molar-refractivity contribution in [2.24, 2.45) is 13.0 Å². The number of ether oxygens (including phenoxy) is 1. The van der Waals surface area contributed by atoms with Crippen molar-refractivity contribution in [3.8, 4) is 0 Å². The summed E-state index contributed by atoms with van der Waals surface area (Å²) in [6.45, 7) is 2.21. The highest BCUT2D eigenvalue weighted by atomic mass is 35.5. The number of rotatable bonds is 5. The Morgan fingerprint density at radius 1 is 1.33 bits per heavy atom. The molecule has 0 radical (unpaired) electrons. The van der Waals surface area contributed by atoms with E-state index >= 15 is 0 Å². The van der Waals surface area contributed by atoms with E-state index in [0.29, 0.717) is 23.0 Å². The molecular weight excluding hydrogens is 423 g/mol. The summed E-state index contributed by atoms with van der Waals surface area (Å²) in [6.07, 6.45) is 5.60. The maximum atomic E-state index is 12.9. The van der Waals surface area contributed by atoms with Crippen molar-refractivity contribution in [1.82, 2.24) is 14.9 Å². The minimum atomic E-state index is -0.0900. The number of hydrogen-bond acceptors (Lipinski definition) is 4. The van der Waals surface area contributed by atoms with Gasteiger partial charge >= 0.3 is 0 Å². The predicted octanol–water partition coefficient (Wildman–Crippen LogP) is 4.57. The van der Waals surface area contributed by atoms with Gasteiger partial charge in [0.2, 0.25) is 0 Å². The summed E-state index contributed by atoms with van der Waals surface area (Å²) in [5.41, 5.74) is 2.39. The van der Waals surface area contributed by atoms with Crippen molar-refractivity contribution in [3.05, 3.63) is 53.3 Å². The lowest BCUT2D eigenvalue weighted by Crippen LogP contribution is -2.32. The molecule has 1 aliphatic heterocycles. The number of nitrogens with zero attached hydrogens (tertiary/aromatic N) is 3. The Morgan fingerprint density at radius 2 is 2.10 bits per heavy atom. The Kier molecular flexibility index (Phi) is 7.23. The highest BCUT2D eigenvalue weighted by Crippen LogP contribution is 2.32. The number of hydrogen-bond donors (Lipinski definition) is 1. The largest absolute Gasteiger partial charge is 0.381 e. The van der Waals surface area contributed by atoms with Gasteiger partial charge in [-0.2, -0.15) is 0 Å². The van der Waals surface area contributed by atoms with Gasteiger partial charge in [0, 0.05) is 62.3 Å². The molecule has 3 aromatic rings. The molecule has 2 aromatic heterocycles. The first kappa shape index (κ1) is 22.4. The molecule has 0 spiro atoms. The molecule has 30 heavy (non-hydrogen) atoms. The van der Waals surface area contributed by atoms with Gasteiger partial charge in [0.25, 0.3) is 5.91 Å². The molecule has 1 amide bonds. The zero-order valence-electron chi connectivity index (χ0n) is 17.1. The Labute approximate surface area is 187 Å². The van der Waals surface area contributed by atoms with Crippen LogP contribution >= 0.6 is 24.0 Å². The maximum Gasteiger partial charge on any atom is 0.255 e. The van der Waals surface area contributed by atoms with Crippen molar-refractivity contribution in [2.45, 2.75) is 12.8 Å². The number of amides is 1. The standard InChI is InChI=1S/C22H25ClN4O2.ClH/c1-26-9-6-18-20(26)19(22(28)25-13-15-7-10-29-11-8-15)14-24-21(18)27(2)17-5-3-4-16(23)12-17;/h3-6,9,12,14-15H,7-8,10-11,13H2,1-2H3,(H,25,28);1H. The first-order valence-electron chi connectivity index (χ1n) is 9.84. The van der Waals surface area contributed by atoms with Crippen molar-refractivity contribution >= 4 is 52.3 Å². The summed E-state index contributed by atoms with van der Waals surface area (Å²) < 4.78 is 7.36. The molecular formula is C22H26Cl2N4O2. The van der Waals surface area contributed by atoms with Gasteiger partial charge in [0.05, 0.1) is 11.1 Å². The minimum Gasteiger partial charge on any atom is -0.381 e. The third kappa shape index (κ3) is 4.56. The topological polar surface area (TPSA) is 59.4 Å². The fourth-order valence-electron chi connectivity index (χ4n) is 3.82. The lowest BCUT2D eigenvalue weighted by molar-refractivity contribution is 0.0643. The number of anilines is 2. The van der Waals surface area contributed by atoms with Crippen molar-refractivity contribution in [3.63, 3.8) is 0 Å². The summed E-state index contributed by atoms with van der Waals surface area (Å²) in [7, 11) is 3.89. The molecule has 0 unspecified atom stereocenters. The Morgan fingerprint density at radius 3 is 2.83 bits per heavy atom. The van der Waals surface area contributed by atoms with Gasteiger partial charge in [0.1, 0.15) is 5.82 Å². The predicted molar refractivity (Wildman–Crippen MR) is 123 cm³/mol. The van der Waals surface area contributed by atoms with E-state index in [1.807, 2.05) is 60.1 Å². The molecule has 1 aliphatic rings. The van der Waals surface area contributed by atoms with E-state index in [1.54, 1.807) is 6.20 Å². The monoisotopic (exact) mass is 448 g/mol. The van der Waals surface area contributed by atoms with E-state index in [9.17, 15) is 4.79 Å². The summed E-state index contributed by atoms with van der Waals surface area (Å²) in [5.74, 6) is 1.16. The maximum absolute atomic E-state index is 12.9. The molecule has 0 saturated carbocycles. The molecule has 4 rings (SSSR count). The second-order valence-electron chi connectivity index (χ2n) is 7.49. The minimum absolute atomic E-state index is 0. The number of benzene rings is 1. The van der Waals surface area contributed by atoms with E-state index < -0.39 is 0 Å². The van der Waals surface area contributed by atoms with Crippen molar-refractivity contribution in [1.29, 1.82) is 0 Å². The number of halogens is 2. The van der Waals surface area contributed by atoms with Gasteiger partial charge in [0.15, 0.2) is 0 Å². The molecule has 160 valence electrons. The van der Waals surface area contributed by atoms with Crippen molar-refractivity contribution in [2.75, 3.05) is 31.7 Å². The van der Waals surface area contributed by atoms with Crippen LogP contribution in [-0.2, 0) is 11.8 Å². The molecule has 1 N–H and O–H groups in total. The second-order valence-corrected chi connectivity index (χ2v) is 7.93. The summed E-state index contributed by atoms with van der Waals surface area (Å²) in [5, 5.41) is 4.68. The number of carbonyl (C=O) groups is 1. The van der Waals surface area contributed by atoms with Gasteiger partial charge in [-0.1, -0.05) is 17.7 Å². The summed E-state index contributed by atoms with van der Waals surface area (Å²) >= 11 is 6.15. The third-order valence-corrected chi connectivity index (χ3v) is 5.77. The summed E-state index contributed by atoms with van der Waals surface area (Å²) in [4.78, 5) is 19.5. The SMILES string of the molecule is CN(c1cccc(Cl)c1)c1ncc(C(=O)NCC2CCOCC2)c2c1ccn2C.Cl. The first-order valence-corrected chi connectivity index (χ1v) is 10.2. The molecule has 1 aromatic carbocycles. The second kappa shape index (κ2) is 9.69. The smallest absolute Gasteiger partial charge is 0.255 e. The Bertz CT molecular complexity index is 1030. The average Bonchev–Trinajstić information content (AvgIpc) is 3.13. The van der Waals surface area contributed by atoms with Gasteiger partial charge in [-0.15, -0.1) is 12.4 Å². The van der Waals surface area contributed by atoms with Crippen LogP contribution in [0.4, 0.5) is 11.5 Å². The van der Waals surface area contributed by atoms with Crippen LogP contribution in [-0.4, -0.2) is 42.3 Å². The van der Waals surface area contributed by atoms with Crippen LogP contribution in [0.25, 0.3) is 10.9 Å². The molecule has 0 aliphatic carbocycles. The van der Waals surface area contributed by atoms with Crippen LogP contribution in [0.2, 0.25) is 5.02 Å². The lowest BCUT2D eigenvalue weighted by atomic mass is 10.0. The van der Waals surface area contributed by atoms with Crippen LogP contribution in [0, 0.1) is 5.92 Å². The number of pyridine rings is 1. The fraction of sp³-hybridized carbons (Fsp3) is 0.364. The molecule has 8 heteroatoms. The van der Waals surface area contributed by atoms with Crippen LogP contribution in [0.5, 0.6) is 0 Å². The van der Waals surface area contributed by atoms with Crippen LogP contribution in [0.3, 0.4) is 0 Å². The molecule has 1 saturated heterocycles. The van der Waals surface area contributed by atoms with Crippen molar-refractivity contribution < 1.29 is 9.53 Å². The number of aryl methyl sites for hydroxylation is 1. The van der Waals surface area contributed by atoms with Crippen LogP contribution in [0.1, 0.15) is 23.2 Å². The fourth-order valence-corrected chi connectivity index (χ4v) is 4.01. The molecule has 0 atom stereocenters. The number of aromatic nitrogens is 2. The quantitative estimate of drug-likeness (QED) is 0.620. The third-order valence-electron chi connectivity index (χ3n) is 5.53. The van der Waals surface area contributed by atoms with Gasteiger partial charge in [-0.05, 0) is 43.0 Å². The van der Waals surface area contributed by atoms with E-state index in [2.05, 4.69) is 10.3 Å². The molecule has 0 bridgehead atoms. The van der Waals surface area contributed by atoms with Gasteiger partial charge in [-0.3, -0.25) is 4.79 Å². The highest BCUT2D eigenvalue weighted by Gasteiger charge is 2.20. The number of fused-ring (bicyclic) bond motifs is 1. The van der Waals surface area contributed by atoms with E-state index in [4.69, 9.17) is 16.3 Å². The highest BCUT2D eigenvalue weighted by molar-refractivity contribution is 6.30. The average molecular weight is 449 g/mol. The zero-order chi connectivity index (χ0) is 20.4. The molecule has 3 heterocycles. The molecule has 6 nitrogen and oxygen atoms in total. The van der Waals surface area contributed by atoms with E-state index in [-0.39, 0.29) is 18.3 Å². The zero-order valence-corrected chi connectivity index (χ0v) is 18.7. The van der Waals surface area contributed by atoms with Gasteiger partial charge < -0.3 is 19.5 Å². The first-order chi connectivity index (χ1) is 14.0. The van der Waals surface area contributed by atoms with Gasteiger partial charge in [-0.25, -0.2) is 4.98 Å². The van der Waals surface area contributed by atoms with E-state index in [1.165, 1.54) is 0 Å². The number of nitrogens with one attached hydrogen (secondary N) is 1. The number of carbonyl (C=O) groups excluding carboxylic acids is 1. The molecule has 1 fully saturated rings.